The minimum Gasteiger partial charge on any atom is -0.477 e. The fraction of sp³-hybridized carbons (Fsp3) is 0.423. The van der Waals surface area contributed by atoms with Crippen molar-refractivity contribution < 1.29 is 19.0 Å². The minimum absolute atomic E-state index is 0.0719. The molecule has 4 rings (SSSR count). The number of carbonyl (C=O) groups excluding carboxylic acids is 1. The molecule has 2 heterocycles. The van der Waals surface area contributed by atoms with Gasteiger partial charge in [-0.15, -0.1) is 0 Å². The first-order valence-corrected chi connectivity index (χ1v) is 10.8. The summed E-state index contributed by atoms with van der Waals surface area (Å²) in [5.74, 6) is 1.75. The van der Waals surface area contributed by atoms with E-state index >= 15 is 0 Å². The van der Waals surface area contributed by atoms with Crippen molar-refractivity contribution in [3.63, 3.8) is 0 Å². The summed E-state index contributed by atoms with van der Waals surface area (Å²) < 4.78 is 17.2. The SMILES string of the molecule is COCCCN1COc2c(cc3c(c2C)O/C(=C\c2ccc(C(C)(C)C)cc2)C3=O)C1. The van der Waals surface area contributed by atoms with Gasteiger partial charge in [0, 0.05) is 37.9 Å². The van der Waals surface area contributed by atoms with Crippen molar-refractivity contribution in [2.75, 3.05) is 27.0 Å². The molecule has 0 aromatic heterocycles. The number of hydrogen-bond acceptors (Lipinski definition) is 5. The molecule has 5 nitrogen and oxygen atoms in total. The monoisotopic (exact) mass is 421 g/mol. The van der Waals surface area contributed by atoms with Crippen LogP contribution in [0.4, 0.5) is 0 Å². The zero-order chi connectivity index (χ0) is 22.2. The van der Waals surface area contributed by atoms with E-state index in [1.54, 1.807) is 7.11 Å². The van der Waals surface area contributed by atoms with Crippen LogP contribution in [0.1, 0.15) is 59.8 Å². The van der Waals surface area contributed by atoms with Crippen LogP contribution < -0.4 is 9.47 Å². The normalized spacial score (nSPS) is 17.3. The summed E-state index contributed by atoms with van der Waals surface area (Å²) in [5.41, 5.74) is 4.85. The summed E-state index contributed by atoms with van der Waals surface area (Å²) >= 11 is 0. The summed E-state index contributed by atoms with van der Waals surface area (Å²) in [6, 6.07) is 10.2. The lowest BCUT2D eigenvalue weighted by molar-refractivity contribution is 0.0826. The van der Waals surface area contributed by atoms with E-state index in [9.17, 15) is 4.79 Å². The lowest BCUT2D eigenvalue weighted by atomic mass is 9.86. The molecular weight excluding hydrogens is 390 g/mol. The second kappa shape index (κ2) is 8.48. The number of methoxy groups -OCH3 is 1. The van der Waals surface area contributed by atoms with Crippen LogP contribution in [0.5, 0.6) is 11.5 Å². The predicted molar refractivity (Wildman–Crippen MR) is 122 cm³/mol. The zero-order valence-electron chi connectivity index (χ0n) is 19.1. The van der Waals surface area contributed by atoms with E-state index in [2.05, 4.69) is 37.8 Å². The molecule has 2 aliphatic heterocycles. The van der Waals surface area contributed by atoms with Crippen LogP contribution in [0, 0.1) is 6.92 Å². The van der Waals surface area contributed by atoms with Crippen LogP contribution in [0.15, 0.2) is 36.1 Å². The highest BCUT2D eigenvalue weighted by Gasteiger charge is 2.33. The maximum absolute atomic E-state index is 13.1. The van der Waals surface area contributed by atoms with Gasteiger partial charge in [-0.25, -0.2) is 0 Å². The van der Waals surface area contributed by atoms with Crippen molar-refractivity contribution in [2.45, 2.75) is 46.1 Å². The van der Waals surface area contributed by atoms with E-state index < -0.39 is 0 Å². The van der Waals surface area contributed by atoms with Crippen LogP contribution in [-0.2, 0) is 16.7 Å². The molecule has 0 N–H and O–H groups in total. The number of hydrogen-bond donors (Lipinski definition) is 0. The summed E-state index contributed by atoms with van der Waals surface area (Å²) in [6.07, 6.45) is 2.77. The average Bonchev–Trinajstić information content (AvgIpc) is 3.04. The quantitative estimate of drug-likeness (QED) is 0.497. The summed E-state index contributed by atoms with van der Waals surface area (Å²) in [6.45, 7) is 11.4. The first-order valence-electron chi connectivity index (χ1n) is 10.8. The number of ether oxygens (including phenoxy) is 3. The topological polar surface area (TPSA) is 48.0 Å². The van der Waals surface area contributed by atoms with Gasteiger partial charge in [0.2, 0.25) is 5.78 Å². The Morgan fingerprint density at radius 2 is 1.90 bits per heavy atom. The van der Waals surface area contributed by atoms with Gasteiger partial charge in [-0.2, -0.15) is 0 Å². The predicted octanol–water partition coefficient (Wildman–Crippen LogP) is 5.10. The Kier molecular flexibility index (Phi) is 5.91. The van der Waals surface area contributed by atoms with E-state index in [4.69, 9.17) is 14.2 Å². The van der Waals surface area contributed by atoms with Gasteiger partial charge >= 0.3 is 0 Å². The van der Waals surface area contributed by atoms with Gasteiger partial charge in [0.25, 0.3) is 0 Å². The number of ketones is 1. The first kappa shape index (κ1) is 21.6. The summed E-state index contributed by atoms with van der Waals surface area (Å²) in [5, 5.41) is 0. The number of benzene rings is 2. The molecule has 0 bridgehead atoms. The highest BCUT2D eigenvalue weighted by atomic mass is 16.5. The maximum atomic E-state index is 13.1. The molecule has 2 aliphatic rings. The third kappa shape index (κ3) is 4.39. The Labute approximate surface area is 184 Å². The van der Waals surface area contributed by atoms with Gasteiger partial charge in [-0.05, 0) is 42.0 Å². The first-order chi connectivity index (χ1) is 14.8. The second-order valence-electron chi connectivity index (χ2n) is 9.35. The molecule has 0 saturated heterocycles. The smallest absolute Gasteiger partial charge is 0.231 e. The van der Waals surface area contributed by atoms with Crippen LogP contribution in [0.25, 0.3) is 6.08 Å². The molecule has 164 valence electrons. The largest absolute Gasteiger partial charge is 0.477 e. The Morgan fingerprint density at radius 3 is 2.58 bits per heavy atom. The lowest BCUT2D eigenvalue weighted by Gasteiger charge is -2.30. The number of carbonyl (C=O) groups is 1. The van der Waals surface area contributed by atoms with Crippen molar-refractivity contribution in [3.05, 3.63) is 63.9 Å². The fourth-order valence-corrected chi connectivity index (χ4v) is 4.10. The molecule has 0 fully saturated rings. The van der Waals surface area contributed by atoms with Gasteiger partial charge in [0.05, 0.1) is 5.56 Å². The Balaban J connectivity index is 1.57. The van der Waals surface area contributed by atoms with E-state index in [1.807, 2.05) is 31.2 Å². The highest BCUT2D eigenvalue weighted by Crippen LogP contribution is 2.43. The number of rotatable bonds is 5. The molecule has 2 aromatic rings. The van der Waals surface area contributed by atoms with Gasteiger partial charge in [0.1, 0.15) is 18.2 Å². The number of fused-ring (bicyclic) bond motifs is 2. The third-order valence-electron chi connectivity index (χ3n) is 5.90. The average molecular weight is 422 g/mol. The molecule has 0 radical (unpaired) electrons. The zero-order valence-corrected chi connectivity index (χ0v) is 19.1. The maximum Gasteiger partial charge on any atom is 0.231 e. The molecule has 0 atom stereocenters. The van der Waals surface area contributed by atoms with Crippen molar-refractivity contribution in [1.82, 2.24) is 4.90 Å². The molecule has 2 aromatic carbocycles. The van der Waals surface area contributed by atoms with Crippen LogP contribution in [-0.4, -0.2) is 37.7 Å². The Morgan fingerprint density at radius 1 is 1.16 bits per heavy atom. The highest BCUT2D eigenvalue weighted by molar-refractivity contribution is 6.15. The van der Waals surface area contributed by atoms with Crippen molar-refractivity contribution in [2.24, 2.45) is 0 Å². The van der Waals surface area contributed by atoms with Gasteiger partial charge in [-0.3, -0.25) is 9.69 Å². The van der Waals surface area contributed by atoms with Crippen LogP contribution >= 0.6 is 0 Å². The molecular formula is C26H31NO4. The van der Waals surface area contributed by atoms with Crippen molar-refractivity contribution in [3.8, 4) is 11.5 Å². The molecule has 0 aliphatic carbocycles. The van der Waals surface area contributed by atoms with Crippen molar-refractivity contribution >= 4 is 11.9 Å². The molecule has 0 saturated carbocycles. The van der Waals surface area contributed by atoms with Crippen LogP contribution in [0.3, 0.4) is 0 Å². The van der Waals surface area contributed by atoms with E-state index in [-0.39, 0.29) is 11.2 Å². The van der Waals surface area contributed by atoms with Gasteiger partial charge in [0.15, 0.2) is 5.76 Å². The Hall–Kier alpha value is -2.63. The van der Waals surface area contributed by atoms with Gasteiger partial charge < -0.3 is 14.2 Å². The van der Waals surface area contributed by atoms with E-state index in [1.165, 1.54) is 5.56 Å². The van der Waals surface area contributed by atoms with Crippen LogP contribution in [0.2, 0.25) is 0 Å². The standard InChI is InChI=1S/C26H31NO4/c1-17-24-19(15-27(16-30-24)11-6-12-29-5)14-21-23(28)22(31-25(17)21)13-18-7-9-20(10-8-18)26(2,3)4/h7-10,13-14H,6,11-12,15-16H2,1-5H3/b22-13-. The minimum atomic E-state index is -0.0719. The second-order valence-corrected chi connectivity index (χ2v) is 9.35. The van der Waals surface area contributed by atoms with Crippen molar-refractivity contribution in [1.29, 1.82) is 0 Å². The lowest BCUT2D eigenvalue weighted by Crippen LogP contribution is -2.33. The number of Topliss-reactive ketones (excluding diaryl/α,β-unsaturated/α-hetero) is 1. The molecule has 0 amide bonds. The molecule has 5 heteroatoms. The molecule has 0 unspecified atom stereocenters. The summed E-state index contributed by atoms with van der Waals surface area (Å²) in [7, 11) is 1.71. The number of allylic oxidation sites excluding steroid dienone is 1. The fourth-order valence-electron chi connectivity index (χ4n) is 4.10. The Bertz CT molecular complexity index is 1020. The number of nitrogens with zero attached hydrogens (tertiary/aromatic N) is 1. The van der Waals surface area contributed by atoms with E-state index in [0.29, 0.717) is 23.8 Å². The molecule has 31 heavy (non-hydrogen) atoms. The summed E-state index contributed by atoms with van der Waals surface area (Å²) in [4.78, 5) is 15.3. The van der Waals surface area contributed by atoms with Gasteiger partial charge in [-0.1, -0.05) is 45.0 Å². The third-order valence-corrected chi connectivity index (χ3v) is 5.90. The molecule has 0 spiro atoms. The van der Waals surface area contributed by atoms with E-state index in [0.717, 1.165) is 48.6 Å².